The van der Waals surface area contributed by atoms with Gasteiger partial charge in [0.1, 0.15) is 16.9 Å². The van der Waals surface area contributed by atoms with Crippen molar-refractivity contribution in [1.29, 1.82) is 5.26 Å². The van der Waals surface area contributed by atoms with E-state index in [4.69, 9.17) is 0 Å². The molecule has 0 saturated carbocycles. The average Bonchev–Trinajstić information content (AvgIpc) is 2.75. The van der Waals surface area contributed by atoms with E-state index in [0.717, 1.165) is 22.9 Å². The summed E-state index contributed by atoms with van der Waals surface area (Å²) in [5.41, 5.74) is 2.15. The van der Waals surface area contributed by atoms with Crippen LogP contribution in [0.25, 0.3) is 0 Å². The Bertz CT molecular complexity index is 1200. The van der Waals surface area contributed by atoms with Crippen molar-refractivity contribution >= 4 is 27.3 Å². The highest BCUT2D eigenvalue weighted by Crippen LogP contribution is 2.32. The van der Waals surface area contributed by atoms with Gasteiger partial charge in [0.25, 0.3) is 0 Å². The molecular weight excluding hydrogens is 419 g/mol. The van der Waals surface area contributed by atoms with Crippen molar-refractivity contribution in [3.63, 3.8) is 0 Å². The number of rotatable bonds is 7. The molecule has 0 atom stereocenters. The lowest BCUT2D eigenvalue weighted by Gasteiger charge is -2.14. The van der Waals surface area contributed by atoms with E-state index in [2.05, 4.69) is 5.32 Å². The van der Waals surface area contributed by atoms with Crippen molar-refractivity contribution < 1.29 is 12.8 Å². The van der Waals surface area contributed by atoms with Gasteiger partial charge >= 0.3 is 0 Å². The minimum absolute atomic E-state index is 0.00493. The molecule has 3 rings (SSSR count). The second-order valence-corrected chi connectivity index (χ2v) is 9.34. The van der Waals surface area contributed by atoms with Crippen molar-refractivity contribution in [1.82, 2.24) is 0 Å². The standard InChI is InChI=1S/C23H19FN2O2S2/c1-17-11-13-18(14-12-17)16-29-23(26-21-10-6-5-9-20(21)24)22(15-25)30(27,28)19-7-3-2-4-8-19/h2-14,26H,16H2,1H3/b23-22+. The van der Waals surface area contributed by atoms with Crippen LogP contribution in [0.4, 0.5) is 10.1 Å². The highest BCUT2D eigenvalue weighted by atomic mass is 32.2. The van der Waals surface area contributed by atoms with Crippen molar-refractivity contribution in [3.05, 3.63) is 106 Å². The number of allylic oxidation sites excluding steroid dienone is 1. The molecule has 0 spiro atoms. The van der Waals surface area contributed by atoms with Crippen LogP contribution in [0.15, 0.2) is 93.7 Å². The van der Waals surface area contributed by atoms with Crippen LogP contribution >= 0.6 is 11.8 Å². The second kappa shape index (κ2) is 9.61. The van der Waals surface area contributed by atoms with E-state index in [1.807, 2.05) is 37.3 Å². The predicted molar refractivity (Wildman–Crippen MR) is 119 cm³/mol. The Morgan fingerprint density at radius 2 is 1.63 bits per heavy atom. The fourth-order valence-corrected chi connectivity index (χ4v) is 5.17. The van der Waals surface area contributed by atoms with Gasteiger partial charge in [-0.15, -0.1) is 11.8 Å². The van der Waals surface area contributed by atoms with E-state index >= 15 is 0 Å². The smallest absolute Gasteiger partial charge is 0.219 e. The second-order valence-electron chi connectivity index (χ2n) is 6.47. The molecule has 0 heterocycles. The van der Waals surface area contributed by atoms with Crippen LogP contribution in [0.3, 0.4) is 0 Å². The van der Waals surface area contributed by atoms with Gasteiger partial charge in [0.2, 0.25) is 9.84 Å². The third-order valence-electron chi connectivity index (χ3n) is 4.26. The van der Waals surface area contributed by atoms with Crippen molar-refractivity contribution in [2.24, 2.45) is 0 Å². The summed E-state index contributed by atoms with van der Waals surface area (Å²) in [6.45, 7) is 1.97. The number of halogens is 1. The number of benzene rings is 3. The van der Waals surface area contributed by atoms with Crippen LogP contribution in [-0.2, 0) is 15.6 Å². The Labute approximate surface area is 180 Å². The van der Waals surface area contributed by atoms with Crippen LogP contribution in [0.1, 0.15) is 11.1 Å². The molecule has 4 nitrogen and oxygen atoms in total. The van der Waals surface area contributed by atoms with Gasteiger partial charge in [-0.1, -0.05) is 60.2 Å². The molecule has 0 bridgehead atoms. The number of nitrogens with zero attached hydrogens (tertiary/aromatic N) is 1. The van der Waals surface area contributed by atoms with Crippen LogP contribution in [-0.4, -0.2) is 8.42 Å². The molecule has 0 saturated heterocycles. The first-order valence-corrected chi connectivity index (χ1v) is 11.5. The number of para-hydroxylation sites is 1. The van der Waals surface area contributed by atoms with E-state index in [9.17, 15) is 18.1 Å². The Morgan fingerprint density at radius 1 is 1.00 bits per heavy atom. The zero-order chi connectivity index (χ0) is 21.6. The zero-order valence-electron chi connectivity index (χ0n) is 16.2. The fourth-order valence-electron chi connectivity index (χ4n) is 2.63. The van der Waals surface area contributed by atoms with Crippen molar-refractivity contribution in [3.8, 4) is 6.07 Å². The molecule has 152 valence electrons. The fraction of sp³-hybridized carbons (Fsp3) is 0.0870. The lowest BCUT2D eigenvalue weighted by atomic mass is 10.2. The lowest BCUT2D eigenvalue weighted by molar-refractivity contribution is 0.603. The molecule has 0 fully saturated rings. The molecule has 0 unspecified atom stereocenters. The van der Waals surface area contributed by atoms with Crippen LogP contribution < -0.4 is 5.32 Å². The summed E-state index contributed by atoms with van der Waals surface area (Å²) in [7, 11) is -4.08. The molecule has 0 aromatic heterocycles. The number of anilines is 1. The molecule has 7 heteroatoms. The Balaban J connectivity index is 2.04. The third-order valence-corrected chi connectivity index (χ3v) is 7.18. The summed E-state index contributed by atoms with van der Waals surface area (Å²) in [6, 6.07) is 23.2. The molecule has 3 aromatic carbocycles. The SMILES string of the molecule is Cc1ccc(CS/C(Nc2ccccc2F)=C(\C#N)S(=O)(=O)c2ccccc2)cc1. The number of sulfone groups is 1. The molecule has 3 aromatic rings. The number of hydrogen-bond donors (Lipinski definition) is 1. The third kappa shape index (κ3) is 5.09. The maximum absolute atomic E-state index is 14.2. The van der Waals surface area contributed by atoms with Crippen molar-refractivity contribution in [2.75, 3.05) is 5.32 Å². The quantitative estimate of drug-likeness (QED) is 0.483. The number of hydrogen-bond acceptors (Lipinski definition) is 5. The maximum atomic E-state index is 14.2. The van der Waals surface area contributed by atoms with Gasteiger partial charge in [-0.3, -0.25) is 0 Å². The molecule has 0 aliphatic carbocycles. The summed E-state index contributed by atoms with van der Waals surface area (Å²) in [4.78, 5) is -0.445. The number of nitrogens with one attached hydrogen (secondary N) is 1. The van der Waals surface area contributed by atoms with E-state index in [1.54, 1.807) is 24.3 Å². The number of aryl methyl sites for hydroxylation is 1. The molecule has 0 amide bonds. The summed E-state index contributed by atoms with van der Waals surface area (Å²) in [5.74, 6) is -0.132. The zero-order valence-corrected chi connectivity index (χ0v) is 17.8. The first kappa shape index (κ1) is 21.6. The minimum atomic E-state index is -4.08. The van der Waals surface area contributed by atoms with E-state index < -0.39 is 20.6 Å². The first-order valence-electron chi connectivity index (χ1n) is 9.06. The molecule has 0 aliphatic rings. The van der Waals surface area contributed by atoms with Crippen LogP contribution in [0.5, 0.6) is 0 Å². The number of thioether (sulfide) groups is 1. The van der Waals surface area contributed by atoms with Crippen LogP contribution in [0, 0.1) is 24.1 Å². The molecule has 1 N–H and O–H groups in total. The first-order chi connectivity index (χ1) is 14.4. The minimum Gasteiger partial charge on any atom is -0.346 e. The summed E-state index contributed by atoms with van der Waals surface area (Å²) >= 11 is 1.14. The lowest BCUT2D eigenvalue weighted by Crippen LogP contribution is -2.11. The summed E-state index contributed by atoms with van der Waals surface area (Å²) in [6.07, 6.45) is 0. The van der Waals surface area contributed by atoms with Gasteiger partial charge in [0.15, 0.2) is 4.91 Å². The maximum Gasteiger partial charge on any atom is 0.219 e. The highest BCUT2D eigenvalue weighted by molar-refractivity contribution is 8.04. The van der Waals surface area contributed by atoms with Gasteiger partial charge in [-0.2, -0.15) is 5.26 Å². The van der Waals surface area contributed by atoms with E-state index in [-0.39, 0.29) is 15.6 Å². The van der Waals surface area contributed by atoms with Gasteiger partial charge in [0.05, 0.1) is 10.6 Å². The van der Waals surface area contributed by atoms with Crippen molar-refractivity contribution in [2.45, 2.75) is 17.6 Å². The number of nitriles is 1. The highest BCUT2D eigenvalue weighted by Gasteiger charge is 2.26. The molecular formula is C23H19FN2O2S2. The molecule has 30 heavy (non-hydrogen) atoms. The Hall–Kier alpha value is -3.08. The summed E-state index contributed by atoms with van der Waals surface area (Å²) < 4.78 is 40.4. The Morgan fingerprint density at radius 3 is 2.27 bits per heavy atom. The molecule has 0 aliphatic heterocycles. The van der Waals surface area contributed by atoms with E-state index in [1.165, 1.54) is 30.3 Å². The predicted octanol–water partition coefficient (Wildman–Crippen LogP) is 5.65. The largest absolute Gasteiger partial charge is 0.346 e. The molecule has 0 radical (unpaired) electrons. The average molecular weight is 439 g/mol. The van der Waals surface area contributed by atoms with Gasteiger partial charge in [-0.05, 0) is 36.8 Å². The summed E-state index contributed by atoms with van der Waals surface area (Å²) in [5, 5.41) is 12.6. The van der Waals surface area contributed by atoms with Gasteiger partial charge in [0, 0.05) is 5.75 Å². The van der Waals surface area contributed by atoms with Crippen LogP contribution in [0.2, 0.25) is 0 Å². The van der Waals surface area contributed by atoms with Gasteiger partial charge < -0.3 is 5.32 Å². The van der Waals surface area contributed by atoms with Gasteiger partial charge in [-0.25, -0.2) is 12.8 Å². The topological polar surface area (TPSA) is 70.0 Å². The Kier molecular flexibility index (Phi) is 6.93. The normalized spacial score (nSPS) is 12.0. The monoisotopic (exact) mass is 438 g/mol. The van der Waals surface area contributed by atoms with E-state index in [0.29, 0.717) is 5.75 Å².